The van der Waals surface area contributed by atoms with Gasteiger partial charge in [-0.3, -0.25) is 0 Å². The molecule has 0 fully saturated rings. The number of ether oxygens (including phenoxy) is 3. The second-order valence-electron chi connectivity index (χ2n) is 9.95. The van der Waals surface area contributed by atoms with E-state index in [1.807, 2.05) is 50.5 Å². The summed E-state index contributed by atoms with van der Waals surface area (Å²) in [5.41, 5.74) is 3.94. The van der Waals surface area contributed by atoms with Crippen LogP contribution in [0.2, 0.25) is 25.7 Å². The summed E-state index contributed by atoms with van der Waals surface area (Å²) in [6.45, 7) is 10.2. The van der Waals surface area contributed by atoms with E-state index in [4.69, 9.17) is 19.2 Å². The topological polar surface area (TPSA) is 48.8 Å². The van der Waals surface area contributed by atoms with Crippen LogP contribution in [0.15, 0.2) is 48.5 Å². The molecule has 1 aliphatic rings. The number of para-hydroxylation sites is 2. The Labute approximate surface area is 198 Å². The molecule has 4 rings (SSSR count). The van der Waals surface area contributed by atoms with Crippen molar-refractivity contribution < 1.29 is 14.2 Å². The molecule has 0 radical (unpaired) electrons. The molecule has 0 unspecified atom stereocenters. The molecule has 0 saturated heterocycles. The second kappa shape index (κ2) is 10.2. The molecule has 1 aromatic heterocycles. The zero-order valence-corrected chi connectivity index (χ0v) is 21.4. The highest BCUT2D eigenvalue weighted by Gasteiger charge is 2.27. The molecule has 0 spiro atoms. The van der Waals surface area contributed by atoms with Crippen LogP contribution in [0.1, 0.15) is 5.82 Å². The van der Waals surface area contributed by atoms with Crippen LogP contribution in [0.5, 0.6) is 11.5 Å². The van der Waals surface area contributed by atoms with E-state index in [1.54, 1.807) is 0 Å². The Morgan fingerprint density at radius 3 is 2.27 bits per heavy atom. The molecule has 33 heavy (non-hydrogen) atoms. The van der Waals surface area contributed by atoms with E-state index in [-0.39, 0.29) is 0 Å². The van der Waals surface area contributed by atoms with Gasteiger partial charge in [0.25, 0.3) is 0 Å². The van der Waals surface area contributed by atoms with Crippen LogP contribution < -0.4 is 4.74 Å². The molecule has 2 aromatic carbocycles. The minimum absolute atomic E-state index is 0.434. The molecule has 0 amide bonds. The molecule has 0 N–H and O–H groups in total. The predicted molar refractivity (Wildman–Crippen MR) is 135 cm³/mol. The van der Waals surface area contributed by atoms with Crippen molar-refractivity contribution in [3.63, 3.8) is 0 Å². The molecule has 3 aromatic rings. The van der Waals surface area contributed by atoms with E-state index in [2.05, 4.69) is 41.2 Å². The van der Waals surface area contributed by atoms with Gasteiger partial charge in [0, 0.05) is 32.4 Å². The van der Waals surface area contributed by atoms with Crippen molar-refractivity contribution in [2.75, 3.05) is 33.9 Å². The van der Waals surface area contributed by atoms with E-state index < -0.39 is 8.07 Å². The van der Waals surface area contributed by atoms with Crippen molar-refractivity contribution in [1.82, 2.24) is 14.5 Å². The normalized spacial score (nSPS) is 12.7. The minimum atomic E-state index is -1.17. The lowest BCUT2D eigenvalue weighted by atomic mass is 10.0. The van der Waals surface area contributed by atoms with Crippen molar-refractivity contribution >= 4 is 8.07 Å². The molecular formula is C26H35N3O3Si. The highest BCUT2D eigenvalue weighted by molar-refractivity contribution is 6.76. The first-order chi connectivity index (χ1) is 15.8. The molecule has 0 atom stereocenters. The minimum Gasteiger partial charge on any atom is -0.456 e. The number of rotatable bonds is 10. The third kappa shape index (κ3) is 5.73. The van der Waals surface area contributed by atoms with Gasteiger partial charge in [0.05, 0.1) is 12.3 Å². The fourth-order valence-electron chi connectivity index (χ4n) is 3.78. The standard InChI is InChI=1S/C26H35N3O3Si/c1-28(2)14-15-30-18-24-27-25-20-10-6-8-12-22(20)32-23-13-9-7-11-21(23)26(25)29(24)19-31-16-17-33(3,4)5/h6-13H,14-19H2,1-5H3. The SMILES string of the molecule is CN(C)CCOCc1nc2c(n1COCC[Si](C)(C)C)-c1ccccc1Oc1ccccc1-2. The highest BCUT2D eigenvalue weighted by Crippen LogP contribution is 2.46. The number of benzene rings is 2. The maximum Gasteiger partial charge on any atom is 0.137 e. The van der Waals surface area contributed by atoms with E-state index in [0.29, 0.717) is 19.9 Å². The number of hydrogen-bond donors (Lipinski definition) is 0. The Morgan fingerprint density at radius 1 is 0.909 bits per heavy atom. The second-order valence-corrected chi connectivity index (χ2v) is 15.6. The smallest absolute Gasteiger partial charge is 0.137 e. The van der Waals surface area contributed by atoms with Crippen molar-refractivity contribution in [2.24, 2.45) is 0 Å². The van der Waals surface area contributed by atoms with E-state index in [1.165, 1.54) is 0 Å². The Bertz CT molecular complexity index is 1090. The van der Waals surface area contributed by atoms with Crippen molar-refractivity contribution in [3.05, 3.63) is 54.4 Å². The fourth-order valence-corrected chi connectivity index (χ4v) is 4.53. The zero-order chi connectivity index (χ0) is 23.4. The molecule has 6 nitrogen and oxygen atoms in total. The number of hydrogen-bond acceptors (Lipinski definition) is 5. The average Bonchev–Trinajstić information content (AvgIpc) is 3.05. The van der Waals surface area contributed by atoms with E-state index >= 15 is 0 Å². The maximum absolute atomic E-state index is 6.31. The van der Waals surface area contributed by atoms with Crippen LogP contribution in [0.4, 0.5) is 0 Å². The largest absolute Gasteiger partial charge is 0.456 e. The molecule has 0 saturated carbocycles. The summed E-state index contributed by atoms with van der Waals surface area (Å²) in [4.78, 5) is 7.18. The Kier molecular flexibility index (Phi) is 7.34. The lowest BCUT2D eigenvalue weighted by molar-refractivity contribution is 0.0688. The molecule has 176 valence electrons. The van der Waals surface area contributed by atoms with Gasteiger partial charge in [-0.25, -0.2) is 4.98 Å². The molecule has 7 heteroatoms. The molecular weight excluding hydrogens is 430 g/mol. The van der Waals surface area contributed by atoms with Crippen molar-refractivity contribution in [2.45, 2.75) is 39.0 Å². The number of aromatic nitrogens is 2. The third-order valence-corrected chi connectivity index (χ3v) is 7.39. The van der Waals surface area contributed by atoms with Crippen LogP contribution in [-0.4, -0.2) is 56.4 Å². The van der Waals surface area contributed by atoms with Gasteiger partial charge in [0.1, 0.15) is 36.4 Å². The molecule has 2 heterocycles. The number of nitrogens with zero attached hydrogens (tertiary/aromatic N) is 3. The lowest BCUT2D eigenvalue weighted by Crippen LogP contribution is -2.22. The Hall–Kier alpha value is -2.45. The summed E-state index contributed by atoms with van der Waals surface area (Å²) in [6.07, 6.45) is 0. The third-order valence-electron chi connectivity index (χ3n) is 5.68. The quantitative estimate of drug-likeness (QED) is 0.222. The average molecular weight is 466 g/mol. The van der Waals surface area contributed by atoms with Gasteiger partial charge in [-0.2, -0.15) is 0 Å². The first-order valence-electron chi connectivity index (χ1n) is 11.6. The molecule has 1 aliphatic heterocycles. The summed E-state index contributed by atoms with van der Waals surface area (Å²) >= 11 is 0. The van der Waals surface area contributed by atoms with Crippen LogP contribution in [0.25, 0.3) is 22.5 Å². The lowest BCUT2D eigenvalue weighted by Gasteiger charge is -2.18. The van der Waals surface area contributed by atoms with Crippen LogP contribution >= 0.6 is 0 Å². The summed E-state index contributed by atoms with van der Waals surface area (Å²) in [5.74, 6) is 2.51. The van der Waals surface area contributed by atoms with Gasteiger partial charge in [0.2, 0.25) is 0 Å². The summed E-state index contributed by atoms with van der Waals surface area (Å²) in [7, 11) is 2.93. The first-order valence-corrected chi connectivity index (χ1v) is 15.3. The summed E-state index contributed by atoms with van der Waals surface area (Å²) < 4.78 is 20.7. The highest BCUT2D eigenvalue weighted by atomic mass is 28.3. The number of imidazole rings is 1. The maximum atomic E-state index is 6.31. The summed E-state index contributed by atoms with van der Waals surface area (Å²) in [6, 6.07) is 17.4. The van der Waals surface area contributed by atoms with Crippen LogP contribution in [0.3, 0.4) is 0 Å². The van der Waals surface area contributed by atoms with Crippen molar-refractivity contribution in [1.29, 1.82) is 0 Å². The van der Waals surface area contributed by atoms with Crippen molar-refractivity contribution in [3.8, 4) is 34.0 Å². The zero-order valence-electron chi connectivity index (χ0n) is 20.4. The van der Waals surface area contributed by atoms with Gasteiger partial charge >= 0.3 is 0 Å². The number of likely N-dealkylation sites (N-methyl/N-ethyl adjacent to an activating group) is 1. The Morgan fingerprint density at radius 2 is 1.58 bits per heavy atom. The number of fused-ring (bicyclic) bond motifs is 5. The predicted octanol–water partition coefficient (Wildman–Crippen LogP) is 5.71. The van der Waals surface area contributed by atoms with E-state index in [0.717, 1.165) is 59.0 Å². The van der Waals surface area contributed by atoms with Crippen LogP contribution in [-0.2, 0) is 22.8 Å². The monoisotopic (exact) mass is 465 g/mol. The van der Waals surface area contributed by atoms with Gasteiger partial charge in [-0.15, -0.1) is 0 Å². The molecule has 0 bridgehead atoms. The summed E-state index contributed by atoms with van der Waals surface area (Å²) in [5, 5.41) is 0. The van der Waals surface area contributed by atoms with Gasteiger partial charge < -0.3 is 23.7 Å². The fraction of sp³-hybridized carbons (Fsp3) is 0.423. The van der Waals surface area contributed by atoms with Crippen LogP contribution in [0, 0.1) is 0 Å². The van der Waals surface area contributed by atoms with Gasteiger partial charge in [0.15, 0.2) is 0 Å². The molecule has 0 aliphatic carbocycles. The Balaban J connectivity index is 1.73. The first kappa shape index (κ1) is 23.7. The van der Waals surface area contributed by atoms with Gasteiger partial charge in [-0.1, -0.05) is 43.9 Å². The van der Waals surface area contributed by atoms with Gasteiger partial charge in [-0.05, 0) is 44.4 Å². The van der Waals surface area contributed by atoms with E-state index in [9.17, 15) is 0 Å².